The molecule has 126 valence electrons. The molecule has 1 aromatic carbocycles. The van der Waals surface area contributed by atoms with E-state index in [4.69, 9.17) is 9.15 Å². The summed E-state index contributed by atoms with van der Waals surface area (Å²) in [5.41, 5.74) is -0.113. The molecule has 1 atom stereocenters. The number of nitro benzene ring substituents is 1. The van der Waals surface area contributed by atoms with Crippen molar-refractivity contribution in [2.24, 2.45) is 0 Å². The average Bonchev–Trinajstić information content (AvgIpc) is 3.10. The Morgan fingerprint density at radius 1 is 1.33 bits per heavy atom. The third kappa shape index (κ3) is 3.03. The van der Waals surface area contributed by atoms with Crippen LogP contribution in [-0.4, -0.2) is 35.5 Å². The van der Waals surface area contributed by atoms with Crippen LogP contribution < -0.4 is 0 Å². The standard InChI is InChI=1S/C17H18N2O5/c1-2-12-7-8-16(24-12)15-11-23-10-9-18(15)17(20)13-5-3-4-6-14(13)19(21)22/h3-8,15H,2,9-11H2,1H3. The van der Waals surface area contributed by atoms with Gasteiger partial charge in [0.15, 0.2) is 0 Å². The van der Waals surface area contributed by atoms with Gasteiger partial charge in [0.2, 0.25) is 0 Å². The lowest BCUT2D eigenvalue weighted by atomic mass is 10.1. The van der Waals surface area contributed by atoms with E-state index >= 15 is 0 Å². The largest absolute Gasteiger partial charge is 0.464 e. The van der Waals surface area contributed by atoms with Gasteiger partial charge in [-0.2, -0.15) is 0 Å². The highest BCUT2D eigenvalue weighted by molar-refractivity contribution is 5.98. The lowest BCUT2D eigenvalue weighted by Gasteiger charge is -2.34. The van der Waals surface area contributed by atoms with Gasteiger partial charge in [-0.05, 0) is 18.2 Å². The fourth-order valence-electron chi connectivity index (χ4n) is 2.81. The fraction of sp³-hybridized carbons (Fsp3) is 0.353. The van der Waals surface area contributed by atoms with Gasteiger partial charge in [0.25, 0.3) is 11.6 Å². The van der Waals surface area contributed by atoms with E-state index in [2.05, 4.69) is 0 Å². The maximum atomic E-state index is 12.9. The van der Waals surface area contributed by atoms with E-state index in [0.717, 1.165) is 12.2 Å². The Kier molecular flexibility index (Phi) is 4.61. The Labute approximate surface area is 139 Å². The molecular formula is C17H18N2O5. The average molecular weight is 330 g/mol. The number of carbonyl (C=O) groups is 1. The molecule has 0 aliphatic carbocycles. The zero-order chi connectivity index (χ0) is 17.1. The molecule has 2 heterocycles. The van der Waals surface area contributed by atoms with Gasteiger partial charge < -0.3 is 14.1 Å². The molecule has 7 heteroatoms. The van der Waals surface area contributed by atoms with Crippen LogP contribution in [0.4, 0.5) is 5.69 Å². The van der Waals surface area contributed by atoms with Crippen molar-refractivity contribution in [1.29, 1.82) is 0 Å². The molecule has 1 saturated heterocycles. The Bertz CT molecular complexity index is 755. The number of benzene rings is 1. The van der Waals surface area contributed by atoms with Gasteiger partial charge in [-0.3, -0.25) is 14.9 Å². The van der Waals surface area contributed by atoms with E-state index in [1.54, 1.807) is 17.0 Å². The predicted octanol–water partition coefficient (Wildman–Crippen LogP) is 2.96. The van der Waals surface area contributed by atoms with Gasteiger partial charge in [0.1, 0.15) is 23.1 Å². The molecule has 24 heavy (non-hydrogen) atoms. The van der Waals surface area contributed by atoms with Gasteiger partial charge in [-0.15, -0.1) is 0 Å². The number of carbonyl (C=O) groups excluding carboxylic acids is 1. The van der Waals surface area contributed by atoms with E-state index in [9.17, 15) is 14.9 Å². The molecule has 2 aromatic rings. The number of furan rings is 1. The number of hydrogen-bond acceptors (Lipinski definition) is 5. The van der Waals surface area contributed by atoms with E-state index in [-0.39, 0.29) is 23.2 Å². The molecule has 0 saturated carbocycles. The van der Waals surface area contributed by atoms with Gasteiger partial charge in [-0.1, -0.05) is 19.1 Å². The van der Waals surface area contributed by atoms with Gasteiger partial charge >= 0.3 is 0 Å². The number of morpholine rings is 1. The predicted molar refractivity (Wildman–Crippen MR) is 85.8 cm³/mol. The number of amides is 1. The number of ether oxygens (including phenoxy) is 1. The fourth-order valence-corrected chi connectivity index (χ4v) is 2.81. The lowest BCUT2D eigenvalue weighted by Crippen LogP contribution is -2.43. The second-order valence-corrected chi connectivity index (χ2v) is 5.52. The quantitative estimate of drug-likeness (QED) is 0.635. The molecule has 0 spiro atoms. The Morgan fingerprint density at radius 3 is 2.83 bits per heavy atom. The van der Waals surface area contributed by atoms with Crippen molar-refractivity contribution in [3.05, 3.63) is 63.6 Å². The zero-order valence-corrected chi connectivity index (χ0v) is 13.3. The first kappa shape index (κ1) is 16.2. The number of rotatable bonds is 4. The Balaban J connectivity index is 1.93. The highest BCUT2D eigenvalue weighted by Gasteiger charge is 2.34. The first-order chi connectivity index (χ1) is 11.6. The second-order valence-electron chi connectivity index (χ2n) is 5.52. The number of para-hydroxylation sites is 1. The van der Waals surface area contributed by atoms with Crippen LogP contribution in [0.1, 0.15) is 34.8 Å². The van der Waals surface area contributed by atoms with E-state index in [1.165, 1.54) is 12.1 Å². The molecule has 1 aromatic heterocycles. The maximum absolute atomic E-state index is 12.9. The number of nitrogens with zero attached hydrogens (tertiary/aromatic N) is 2. The summed E-state index contributed by atoms with van der Waals surface area (Å²) in [4.78, 5) is 25.2. The maximum Gasteiger partial charge on any atom is 0.282 e. The van der Waals surface area contributed by atoms with Gasteiger partial charge in [-0.25, -0.2) is 0 Å². The molecule has 3 rings (SSSR count). The molecule has 1 aliphatic heterocycles. The van der Waals surface area contributed by atoms with Crippen LogP contribution in [0.5, 0.6) is 0 Å². The molecule has 1 unspecified atom stereocenters. The van der Waals surface area contributed by atoms with Crippen LogP contribution in [0.2, 0.25) is 0 Å². The smallest absolute Gasteiger partial charge is 0.282 e. The SMILES string of the molecule is CCc1ccc(C2COCCN2C(=O)c2ccccc2[N+](=O)[O-])o1. The van der Waals surface area contributed by atoms with Crippen LogP contribution in [0.25, 0.3) is 0 Å². The van der Waals surface area contributed by atoms with Crippen molar-refractivity contribution in [2.45, 2.75) is 19.4 Å². The van der Waals surface area contributed by atoms with Crippen LogP contribution in [0, 0.1) is 10.1 Å². The van der Waals surface area contributed by atoms with Crippen molar-refractivity contribution < 1.29 is 18.9 Å². The van der Waals surface area contributed by atoms with Crippen molar-refractivity contribution in [3.8, 4) is 0 Å². The lowest BCUT2D eigenvalue weighted by molar-refractivity contribution is -0.385. The molecule has 0 radical (unpaired) electrons. The van der Waals surface area contributed by atoms with Gasteiger partial charge in [0, 0.05) is 19.0 Å². The normalized spacial score (nSPS) is 17.7. The van der Waals surface area contributed by atoms with E-state index < -0.39 is 4.92 Å². The number of aryl methyl sites for hydroxylation is 1. The van der Waals surface area contributed by atoms with Crippen LogP contribution in [0.3, 0.4) is 0 Å². The highest BCUT2D eigenvalue weighted by atomic mass is 16.6. The van der Waals surface area contributed by atoms with E-state index in [0.29, 0.717) is 25.5 Å². The van der Waals surface area contributed by atoms with Crippen LogP contribution >= 0.6 is 0 Å². The van der Waals surface area contributed by atoms with Crippen molar-refractivity contribution in [2.75, 3.05) is 19.8 Å². The third-order valence-corrected chi connectivity index (χ3v) is 4.08. The molecule has 7 nitrogen and oxygen atoms in total. The summed E-state index contributed by atoms with van der Waals surface area (Å²) in [7, 11) is 0. The highest BCUT2D eigenvalue weighted by Crippen LogP contribution is 2.29. The summed E-state index contributed by atoms with van der Waals surface area (Å²) in [6.45, 7) is 3.04. The minimum absolute atomic E-state index is 0.0803. The Morgan fingerprint density at radius 2 is 2.12 bits per heavy atom. The van der Waals surface area contributed by atoms with E-state index in [1.807, 2.05) is 19.1 Å². The molecule has 1 amide bonds. The third-order valence-electron chi connectivity index (χ3n) is 4.08. The molecule has 1 aliphatic rings. The first-order valence-electron chi connectivity index (χ1n) is 7.82. The van der Waals surface area contributed by atoms with Gasteiger partial charge in [0.05, 0.1) is 18.1 Å². The summed E-state index contributed by atoms with van der Waals surface area (Å²) in [5.74, 6) is 1.08. The van der Waals surface area contributed by atoms with Crippen molar-refractivity contribution >= 4 is 11.6 Å². The van der Waals surface area contributed by atoms with Crippen molar-refractivity contribution in [3.63, 3.8) is 0 Å². The number of hydrogen-bond donors (Lipinski definition) is 0. The van der Waals surface area contributed by atoms with Crippen LogP contribution in [0.15, 0.2) is 40.8 Å². The van der Waals surface area contributed by atoms with Crippen molar-refractivity contribution in [1.82, 2.24) is 4.90 Å². The number of nitro groups is 1. The summed E-state index contributed by atoms with van der Waals surface area (Å²) in [6, 6.07) is 9.31. The minimum Gasteiger partial charge on any atom is -0.464 e. The monoisotopic (exact) mass is 330 g/mol. The Hall–Kier alpha value is -2.67. The minimum atomic E-state index is -0.537. The summed E-state index contributed by atoms with van der Waals surface area (Å²) in [6.07, 6.45) is 0.756. The summed E-state index contributed by atoms with van der Waals surface area (Å²) < 4.78 is 11.2. The molecule has 0 bridgehead atoms. The molecular weight excluding hydrogens is 312 g/mol. The summed E-state index contributed by atoms with van der Waals surface area (Å²) >= 11 is 0. The summed E-state index contributed by atoms with van der Waals surface area (Å²) in [5, 5.41) is 11.2. The molecule has 0 N–H and O–H groups in total. The van der Waals surface area contributed by atoms with Crippen LogP contribution in [-0.2, 0) is 11.2 Å². The second kappa shape index (κ2) is 6.84. The first-order valence-corrected chi connectivity index (χ1v) is 7.82. The zero-order valence-electron chi connectivity index (χ0n) is 13.3. The topological polar surface area (TPSA) is 85.8 Å². The molecule has 1 fully saturated rings.